The number of fused-ring (bicyclic) bond motifs is 8. The summed E-state index contributed by atoms with van der Waals surface area (Å²) in [5.74, 6) is 0. The van der Waals surface area contributed by atoms with Gasteiger partial charge in [-0.15, -0.1) is 0 Å². The van der Waals surface area contributed by atoms with E-state index in [-0.39, 0.29) is 29.7 Å². The maximum atomic E-state index is 9.03. The van der Waals surface area contributed by atoms with E-state index < -0.39 is 22.2 Å². The molecule has 0 saturated heterocycles. The summed E-state index contributed by atoms with van der Waals surface area (Å²) in [6.45, 7) is 0. The molecular formula is C66H46N2Si2. The summed E-state index contributed by atoms with van der Waals surface area (Å²) < 4.78 is 48.3. The molecule has 3 heterocycles. The lowest BCUT2D eigenvalue weighted by Crippen LogP contribution is -2.93. The van der Waals surface area contributed by atoms with E-state index in [0.29, 0.717) is 5.56 Å². The number of hydrogen-bond acceptors (Lipinski definition) is 0. The van der Waals surface area contributed by atoms with Crippen LogP contribution in [0.15, 0.2) is 279 Å². The van der Waals surface area contributed by atoms with E-state index in [1.54, 1.807) is 0 Å². The van der Waals surface area contributed by atoms with Gasteiger partial charge in [0.1, 0.15) is 0 Å². The molecule has 0 saturated carbocycles. The lowest BCUT2D eigenvalue weighted by Gasteiger charge is -2.48. The van der Waals surface area contributed by atoms with Crippen LogP contribution in [0.4, 0.5) is 0 Å². The Morgan fingerprint density at radius 3 is 1.20 bits per heavy atom. The van der Waals surface area contributed by atoms with E-state index in [1.165, 1.54) is 52.3 Å². The summed E-state index contributed by atoms with van der Waals surface area (Å²) >= 11 is 0. The van der Waals surface area contributed by atoms with Crippen molar-refractivity contribution < 1.29 is 6.85 Å². The number of nitrogens with zero attached hydrogens (tertiary/aromatic N) is 2. The van der Waals surface area contributed by atoms with Crippen LogP contribution in [0.5, 0.6) is 0 Å². The van der Waals surface area contributed by atoms with Crippen molar-refractivity contribution in [2.45, 2.75) is 0 Å². The first-order valence-corrected chi connectivity index (χ1v) is 27.9. The van der Waals surface area contributed by atoms with Crippen molar-refractivity contribution in [2.75, 3.05) is 0 Å². The van der Waals surface area contributed by atoms with Gasteiger partial charge < -0.3 is 9.13 Å². The molecule has 2 nitrogen and oxygen atoms in total. The first kappa shape index (κ1) is 35.6. The average Bonchev–Trinajstić information content (AvgIpc) is 4.04. The molecule has 0 amide bonds. The highest BCUT2D eigenvalue weighted by Crippen LogP contribution is 2.38. The minimum atomic E-state index is -3.16. The molecule has 70 heavy (non-hydrogen) atoms. The Bertz CT molecular complexity index is 4270. The van der Waals surface area contributed by atoms with Crippen molar-refractivity contribution in [3.05, 3.63) is 279 Å². The quantitative estimate of drug-likeness (QED) is 0.141. The van der Waals surface area contributed by atoms with Gasteiger partial charge in [0.25, 0.3) is 0 Å². The molecule has 4 heteroatoms. The topological polar surface area (TPSA) is 9.86 Å². The van der Waals surface area contributed by atoms with E-state index in [9.17, 15) is 0 Å². The monoisotopic (exact) mass is 927 g/mol. The highest BCUT2D eigenvalue weighted by Gasteiger charge is 2.56. The fraction of sp³-hybridized carbons (Fsp3) is 0. The average molecular weight is 928 g/mol. The molecular weight excluding hydrogens is 877 g/mol. The van der Waals surface area contributed by atoms with Crippen molar-refractivity contribution in [3.8, 4) is 22.5 Å². The third-order valence-corrected chi connectivity index (χ3v) is 25.3. The minimum absolute atomic E-state index is 0.181. The smallest absolute Gasteiger partial charge is 0.179 e. The van der Waals surface area contributed by atoms with Crippen molar-refractivity contribution >= 4 is 101 Å². The number of hydrogen-bond donors (Lipinski definition) is 0. The third-order valence-electron chi connectivity index (χ3n) is 15.0. The first-order valence-electron chi connectivity index (χ1n) is 26.4. The molecule has 13 aromatic rings. The second kappa shape index (κ2) is 16.0. The molecule has 2 aromatic heterocycles. The molecule has 0 atom stereocenters. The van der Waals surface area contributed by atoms with Gasteiger partial charge in [0.15, 0.2) is 16.1 Å². The van der Waals surface area contributed by atoms with Crippen LogP contribution in [-0.4, -0.2) is 25.3 Å². The van der Waals surface area contributed by atoms with Gasteiger partial charge in [0.2, 0.25) is 0 Å². The van der Waals surface area contributed by atoms with Crippen molar-refractivity contribution in [2.24, 2.45) is 0 Å². The van der Waals surface area contributed by atoms with Crippen LogP contribution < -0.4 is 41.5 Å². The largest absolute Gasteiger partial charge is 0.309 e. The summed E-state index contributed by atoms with van der Waals surface area (Å²) in [4.78, 5) is 0. The fourth-order valence-electron chi connectivity index (χ4n) is 12.3. The standard InChI is InChI=1S/C66H46N2Si2/c1-5-22-47(23-6-1)48-40-42-61-57(44-48)58-46-50(68-59-34-15-13-32-55(59)56-33-14-16-35-60(56)68)41-43-62(58)67(61)49-24-21-31-54(45-49)70(53-29-11-4-12-30-53)65-38-19-17-36-63(65)69(51-25-7-2-8-26-51,52-27-9-3-10-28-52)64-37-18-20-39-66(64)70/h1-46H/i1D,5D,6D,22D,23D. The normalized spacial score (nSPS) is 14.7. The summed E-state index contributed by atoms with van der Waals surface area (Å²) in [6, 6.07) is 89.8. The lowest BCUT2D eigenvalue weighted by molar-refractivity contribution is 1.17. The molecule has 0 bridgehead atoms. The van der Waals surface area contributed by atoms with Gasteiger partial charge in [0.05, 0.1) is 28.9 Å². The lowest BCUT2D eigenvalue weighted by atomic mass is 10.0. The molecule has 0 unspecified atom stereocenters. The molecule has 0 fully saturated rings. The van der Waals surface area contributed by atoms with E-state index in [0.717, 1.165) is 44.2 Å². The van der Waals surface area contributed by atoms with E-state index >= 15 is 0 Å². The van der Waals surface area contributed by atoms with Crippen LogP contribution in [-0.2, 0) is 0 Å². The Balaban J connectivity index is 1.06. The second-order valence-electron chi connectivity index (χ2n) is 18.4. The highest BCUT2D eigenvalue weighted by atomic mass is 28.3. The number of para-hydroxylation sites is 2. The Morgan fingerprint density at radius 1 is 0.271 bits per heavy atom. The van der Waals surface area contributed by atoms with Crippen LogP contribution in [0.1, 0.15) is 6.85 Å². The van der Waals surface area contributed by atoms with Gasteiger partial charge in [-0.05, 0) is 107 Å². The van der Waals surface area contributed by atoms with E-state index in [4.69, 9.17) is 6.85 Å². The molecule has 328 valence electrons. The maximum absolute atomic E-state index is 9.03. The van der Waals surface area contributed by atoms with Gasteiger partial charge in [-0.1, -0.05) is 224 Å². The predicted molar refractivity (Wildman–Crippen MR) is 301 cm³/mol. The van der Waals surface area contributed by atoms with Crippen LogP contribution in [0, 0.1) is 0 Å². The molecule has 11 aromatic carbocycles. The fourth-order valence-corrected chi connectivity index (χ4v) is 24.4. The SMILES string of the molecule is [2H]c1c([2H])c([2H])c(-c2ccc3c(c2)c2cc(-n4c5ccccc5c5ccccc54)ccc2n3-c2cccc([Si]3(c4ccccc4)c4ccccc4[Si](c4ccccc4)(c4ccccc4)c4ccccc43)c2)c([2H])c1[2H]. The third kappa shape index (κ3) is 5.78. The van der Waals surface area contributed by atoms with Crippen LogP contribution in [0.2, 0.25) is 0 Å². The molecule has 1 aliphatic heterocycles. The molecule has 0 N–H and O–H groups in total. The zero-order valence-electron chi connectivity index (χ0n) is 43.1. The van der Waals surface area contributed by atoms with Crippen molar-refractivity contribution in [1.29, 1.82) is 0 Å². The first-order chi connectivity index (χ1) is 36.8. The van der Waals surface area contributed by atoms with Crippen molar-refractivity contribution in [3.63, 3.8) is 0 Å². The zero-order chi connectivity index (χ0) is 50.6. The van der Waals surface area contributed by atoms with Crippen LogP contribution in [0.3, 0.4) is 0 Å². The number of benzene rings is 11. The number of aromatic nitrogens is 2. The summed E-state index contributed by atoms with van der Waals surface area (Å²) in [5, 5.41) is 15.1. The Morgan fingerprint density at radius 2 is 0.671 bits per heavy atom. The Kier molecular flexibility index (Phi) is 8.15. The zero-order valence-corrected chi connectivity index (χ0v) is 40.1. The van der Waals surface area contributed by atoms with Gasteiger partial charge in [0, 0.05) is 32.9 Å². The Labute approximate surface area is 416 Å². The summed E-state index contributed by atoms with van der Waals surface area (Å²) in [5.41, 5.74) is 6.88. The van der Waals surface area contributed by atoms with Crippen LogP contribution >= 0.6 is 0 Å². The maximum Gasteiger partial charge on any atom is 0.179 e. The van der Waals surface area contributed by atoms with Gasteiger partial charge >= 0.3 is 0 Å². The second-order valence-corrected chi connectivity index (χ2v) is 25.8. The van der Waals surface area contributed by atoms with E-state index in [1.807, 2.05) is 12.1 Å². The molecule has 0 radical (unpaired) electrons. The highest BCUT2D eigenvalue weighted by molar-refractivity contribution is 7.32. The van der Waals surface area contributed by atoms with Crippen molar-refractivity contribution in [1.82, 2.24) is 9.13 Å². The molecule has 1 aliphatic rings. The predicted octanol–water partition coefficient (Wildman–Crippen LogP) is 10.6. The van der Waals surface area contributed by atoms with Crippen LogP contribution in [0.25, 0.3) is 66.1 Å². The molecule has 0 aliphatic carbocycles. The van der Waals surface area contributed by atoms with Gasteiger partial charge in [-0.25, -0.2) is 0 Å². The molecule has 0 spiro atoms. The van der Waals surface area contributed by atoms with Gasteiger partial charge in [-0.2, -0.15) is 0 Å². The van der Waals surface area contributed by atoms with Gasteiger partial charge in [-0.3, -0.25) is 0 Å². The van der Waals surface area contributed by atoms with E-state index in [2.05, 4.69) is 246 Å². The Hall–Kier alpha value is -8.55. The molecule has 14 rings (SSSR count). The summed E-state index contributed by atoms with van der Waals surface area (Å²) in [7, 11) is -6.08. The number of rotatable bonds is 7. The minimum Gasteiger partial charge on any atom is -0.309 e. The summed E-state index contributed by atoms with van der Waals surface area (Å²) in [6.07, 6.45) is 0.